The molecule has 6 aliphatic rings. The molecular formula is C8H8Co. The van der Waals surface area contributed by atoms with Crippen molar-refractivity contribution in [3.8, 4) is 0 Å². The minimum Gasteiger partial charge on any atom is -0.0312 e. The Kier molecular flexibility index (Phi) is 0.390. The van der Waals surface area contributed by atoms with Crippen molar-refractivity contribution in [2.24, 2.45) is 47.3 Å². The molecule has 0 bridgehead atoms. The number of hydrogen-bond donors (Lipinski definition) is 0. The van der Waals surface area contributed by atoms with E-state index in [2.05, 4.69) is 0 Å². The molecule has 6 fully saturated rings. The van der Waals surface area contributed by atoms with E-state index >= 15 is 0 Å². The summed E-state index contributed by atoms with van der Waals surface area (Å²) in [5, 5.41) is 0. The van der Waals surface area contributed by atoms with Crippen molar-refractivity contribution in [2.75, 3.05) is 0 Å². The Morgan fingerprint density at radius 1 is 0.333 bits per heavy atom. The molecule has 0 heterocycles. The first-order valence-electron chi connectivity index (χ1n) is 4.00. The summed E-state index contributed by atoms with van der Waals surface area (Å²) in [5.41, 5.74) is 0. The Balaban J connectivity index is 0.000000288. The second-order valence-corrected chi connectivity index (χ2v) is 4.62. The minimum absolute atomic E-state index is 0. The van der Waals surface area contributed by atoms with Gasteiger partial charge in [-0.3, -0.25) is 0 Å². The van der Waals surface area contributed by atoms with Gasteiger partial charge in [-0.05, 0) is 47.3 Å². The fraction of sp³-hybridized carbons (Fsp3) is 1.00. The van der Waals surface area contributed by atoms with E-state index in [-0.39, 0.29) is 16.8 Å². The first kappa shape index (κ1) is 4.40. The second kappa shape index (κ2) is 0.798. The largest absolute Gasteiger partial charge is 0.0312 e. The van der Waals surface area contributed by atoms with Gasteiger partial charge in [-0.1, -0.05) is 0 Å². The fourth-order valence-electron chi connectivity index (χ4n) is 5.29. The third-order valence-electron chi connectivity index (χ3n) is 5.33. The van der Waals surface area contributed by atoms with E-state index in [0.29, 0.717) is 0 Å². The Labute approximate surface area is 64.6 Å². The summed E-state index contributed by atoms with van der Waals surface area (Å²) in [5.74, 6) is 10.7. The Hall–Kier alpha value is 0.506. The van der Waals surface area contributed by atoms with Crippen LogP contribution in [0.5, 0.6) is 0 Å². The summed E-state index contributed by atoms with van der Waals surface area (Å²) in [7, 11) is 0. The first-order chi connectivity index (χ1) is 4.00. The summed E-state index contributed by atoms with van der Waals surface area (Å²) in [6.07, 6.45) is 0. The summed E-state index contributed by atoms with van der Waals surface area (Å²) in [6.45, 7) is 0. The average Bonchev–Trinajstić information content (AvgIpc) is 1.90. The van der Waals surface area contributed by atoms with E-state index < -0.39 is 0 Å². The van der Waals surface area contributed by atoms with E-state index in [9.17, 15) is 0 Å². The molecule has 0 N–H and O–H groups in total. The van der Waals surface area contributed by atoms with E-state index in [1.54, 1.807) is 0 Å². The molecule has 1 radical (unpaired) electrons. The van der Waals surface area contributed by atoms with Crippen LogP contribution in [0.4, 0.5) is 0 Å². The Bertz CT molecular complexity index is 115. The topological polar surface area (TPSA) is 0 Å². The average molecular weight is 163 g/mol. The van der Waals surface area contributed by atoms with Gasteiger partial charge in [0.15, 0.2) is 0 Å². The predicted octanol–water partition coefficient (Wildman–Crippen LogP) is 0.982. The molecule has 6 saturated carbocycles. The molecule has 0 spiro atoms. The molecule has 0 aromatic rings. The molecule has 0 aromatic heterocycles. The second-order valence-electron chi connectivity index (χ2n) is 4.62. The van der Waals surface area contributed by atoms with Crippen LogP contribution in [0, 0.1) is 47.3 Å². The zero-order valence-electron chi connectivity index (χ0n) is 4.95. The minimum atomic E-state index is 0. The monoisotopic (exact) mass is 163 g/mol. The summed E-state index contributed by atoms with van der Waals surface area (Å²) in [6, 6.07) is 0. The normalized spacial score (nSPS) is 96.0. The van der Waals surface area contributed by atoms with Crippen LogP contribution in [0.2, 0.25) is 0 Å². The van der Waals surface area contributed by atoms with E-state index in [1.807, 2.05) is 0 Å². The van der Waals surface area contributed by atoms with Gasteiger partial charge in [0.05, 0.1) is 0 Å². The van der Waals surface area contributed by atoms with Gasteiger partial charge in [-0.2, -0.15) is 0 Å². The molecule has 6 rings (SSSR count). The van der Waals surface area contributed by atoms with E-state index in [4.69, 9.17) is 0 Å². The maximum absolute atomic E-state index is 1.33. The predicted molar refractivity (Wildman–Crippen MR) is 27.9 cm³/mol. The van der Waals surface area contributed by atoms with Crippen molar-refractivity contribution in [2.45, 2.75) is 0 Å². The Morgan fingerprint density at radius 3 is 0.556 bits per heavy atom. The van der Waals surface area contributed by atoms with Crippen LogP contribution in [-0.2, 0) is 16.8 Å². The van der Waals surface area contributed by atoms with Crippen molar-refractivity contribution in [1.82, 2.24) is 0 Å². The molecule has 0 amide bonds. The van der Waals surface area contributed by atoms with Crippen molar-refractivity contribution in [1.29, 1.82) is 0 Å². The van der Waals surface area contributed by atoms with Gasteiger partial charge in [0.2, 0.25) is 0 Å². The van der Waals surface area contributed by atoms with Gasteiger partial charge in [0.25, 0.3) is 0 Å². The van der Waals surface area contributed by atoms with Crippen LogP contribution < -0.4 is 0 Å². The molecule has 0 saturated heterocycles. The first-order valence-corrected chi connectivity index (χ1v) is 4.00. The van der Waals surface area contributed by atoms with Crippen LogP contribution in [-0.4, -0.2) is 0 Å². The smallest absolute Gasteiger partial charge is 0 e. The maximum atomic E-state index is 1.33. The molecular weight excluding hydrogens is 155 g/mol. The Morgan fingerprint density at radius 2 is 0.444 bits per heavy atom. The van der Waals surface area contributed by atoms with Crippen molar-refractivity contribution in [3.05, 3.63) is 0 Å². The zero-order valence-corrected chi connectivity index (χ0v) is 5.99. The fourth-order valence-corrected chi connectivity index (χ4v) is 5.29. The van der Waals surface area contributed by atoms with Crippen LogP contribution in [0.1, 0.15) is 0 Å². The molecule has 0 unspecified atom stereocenters. The molecule has 0 aromatic carbocycles. The maximum Gasteiger partial charge on any atom is 0 e. The molecule has 9 heavy (non-hydrogen) atoms. The molecule has 6 aliphatic carbocycles. The molecule has 49 valence electrons. The van der Waals surface area contributed by atoms with Crippen LogP contribution in [0.15, 0.2) is 0 Å². The van der Waals surface area contributed by atoms with Gasteiger partial charge < -0.3 is 0 Å². The van der Waals surface area contributed by atoms with Gasteiger partial charge in [0, 0.05) is 16.8 Å². The SMILES string of the molecule is C12C3C4C1C1C2C3C41.[Co]. The van der Waals surface area contributed by atoms with E-state index in [0.717, 1.165) is 0 Å². The summed E-state index contributed by atoms with van der Waals surface area (Å²) < 4.78 is 0. The van der Waals surface area contributed by atoms with Gasteiger partial charge in [-0.15, -0.1) is 0 Å². The van der Waals surface area contributed by atoms with Crippen molar-refractivity contribution < 1.29 is 16.8 Å². The summed E-state index contributed by atoms with van der Waals surface area (Å²) >= 11 is 0. The standard InChI is InChI=1S/C8H8.Co/c1-2-5-3(1)7-4(1)6(2)8(5)7;/h1-8H;. The van der Waals surface area contributed by atoms with Crippen LogP contribution in [0.3, 0.4) is 0 Å². The third-order valence-corrected chi connectivity index (χ3v) is 5.33. The molecule has 0 nitrogen and oxygen atoms in total. The number of rotatable bonds is 0. The molecule has 1 heteroatoms. The molecule has 0 atom stereocenters. The molecule has 0 aliphatic heterocycles. The third kappa shape index (κ3) is 0.153. The van der Waals surface area contributed by atoms with Crippen LogP contribution in [0.25, 0.3) is 0 Å². The van der Waals surface area contributed by atoms with Crippen LogP contribution >= 0.6 is 0 Å². The van der Waals surface area contributed by atoms with Crippen molar-refractivity contribution in [3.63, 3.8) is 0 Å². The number of hydrogen-bond acceptors (Lipinski definition) is 0. The van der Waals surface area contributed by atoms with Gasteiger partial charge in [-0.25, -0.2) is 0 Å². The quantitative estimate of drug-likeness (QED) is 0.499. The van der Waals surface area contributed by atoms with Gasteiger partial charge in [0.1, 0.15) is 0 Å². The zero-order chi connectivity index (χ0) is 4.62. The van der Waals surface area contributed by atoms with E-state index in [1.165, 1.54) is 47.3 Å². The van der Waals surface area contributed by atoms with Crippen molar-refractivity contribution >= 4 is 0 Å². The van der Waals surface area contributed by atoms with Gasteiger partial charge >= 0.3 is 0 Å². The summed E-state index contributed by atoms with van der Waals surface area (Å²) in [4.78, 5) is 0.